The van der Waals surface area contributed by atoms with E-state index in [-0.39, 0.29) is 18.0 Å². The first-order chi connectivity index (χ1) is 14.1. The summed E-state index contributed by atoms with van der Waals surface area (Å²) in [5.41, 5.74) is 0.0296. The molecular weight excluding hydrogens is 390 g/mol. The van der Waals surface area contributed by atoms with Crippen LogP contribution in [-0.4, -0.2) is 40.1 Å². The number of ether oxygens (including phenoxy) is 1. The summed E-state index contributed by atoms with van der Waals surface area (Å²) in [5.74, 6) is 0.463. The lowest BCUT2D eigenvalue weighted by Crippen LogP contribution is -2.42. The van der Waals surface area contributed by atoms with Gasteiger partial charge in [-0.3, -0.25) is 14.2 Å². The molecule has 0 N–H and O–H groups in total. The molecule has 0 atom stereocenters. The zero-order valence-electron chi connectivity index (χ0n) is 16.3. The zero-order valence-corrected chi connectivity index (χ0v) is 17.1. The minimum absolute atomic E-state index is 0.0731. The van der Waals surface area contributed by atoms with Gasteiger partial charge in [-0.15, -0.1) is 11.3 Å². The summed E-state index contributed by atoms with van der Waals surface area (Å²) < 4.78 is 8.23. The molecule has 0 radical (unpaired) electrons. The predicted octanol–water partition coefficient (Wildman–Crippen LogP) is 2.63. The summed E-state index contributed by atoms with van der Waals surface area (Å²) in [6, 6.07) is 8.54. The third-order valence-electron chi connectivity index (χ3n) is 5.32. The Balaban J connectivity index is 1.81. The quantitative estimate of drug-likeness (QED) is 0.659. The molecule has 1 aliphatic rings. The molecule has 152 valence electrons. The molecule has 1 aliphatic heterocycles. The second-order valence-corrected chi connectivity index (χ2v) is 8.06. The maximum atomic E-state index is 13.3. The average Bonchev–Trinajstić information content (AvgIpc) is 3.06. The van der Waals surface area contributed by atoms with Crippen molar-refractivity contribution < 1.29 is 9.53 Å². The van der Waals surface area contributed by atoms with Gasteiger partial charge < -0.3 is 9.64 Å². The first kappa shape index (κ1) is 19.4. The van der Waals surface area contributed by atoms with E-state index in [2.05, 4.69) is 0 Å². The van der Waals surface area contributed by atoms with E-state index in [9.17, 15) is 14.4 Å². The summed E-state index contributed by atoms with van der Waals surface area (Å²) in [6.45, 7) is 1.36. The Morgan fingerprint density at radius 1 is 1.10 bits per heavy atom. The normalized spacial score (nSPS) is 14.7. The van der Waals surface area contributed by atoms with E-state index < -0.39 is 5.69 Å². The van der Waals surface area contributed by atoms with Gasteiger partial charge >= 0.3 is 5.69 Å². The van der Waals surface area contributed by atoms with Crippen LogP contribution in [0.25, 0.3) is 15.9 Å². The fourth-order valence-corrected chi connectivity index (χ4v) is 4.60. The average molecular weight is 413 g/mol. The number of methoxy groups -OCH3 is 1. The fraction of sp³-hybridized carbons (Fsp3) is 0.381. The topological polar surface area (TPSA) is 73.5 Å². The molecule has 0 spiro atoms. The lowest BCUT2D eigenvalue weighted by atomic mass is 10.2. The summed E-state index contributed by atoms with van der Waals surface area (Å²) in [5, 5.41) is 1.77. The van der Waals surface area contributed by atoms with Crippen molar-refractivity contribution in [2.45, 2.75) is 32.2 Å². The number of amides is 1. The maximum Gasteiger partial charge on any atom is 0.336 e. The van der Waals surface area contributed by atoms with Crippen LogP contribution in [0.5, 0.6) is 5.75 Å². The molecule has 0 aliphatic carbocycles. The Kier molecular flexibility index (Phi) is 5.53. The van der Waals surface area contributed by atoms with Crippen molar-refractivity contribution in [1.82, 2.24) is 14.0 Å². The van der Waals surface area contributed by atoms with Crippen molar-refractivity contribution in [2.24, 2.45) is 0 Å². The molecule has 3 heterocycles. The molecule has 7 nitrogen and oxygen atoms in total. The second-order valence-electron chi connectivity index (χ2n) is 7.14. The Labute approximate surface area is 171 Å². The molecule has 29 heavy (non-hydrogen) atoms. The number of hydrogen-bond acceptors (Lipinski definition) is 5. The Morgan fingerprint density at radius 2 is 1.86 bits per heavy atom. The smallest absolute Gasteiger partial charge is 0.336 e. The van der Waals surface area contributed by atoms with Crippen LogP contribution in [0.2, 0.25) is 0 Å². The van der Waals surface area contributed by atoms with Crippen LogP contribution in [-0.2, 0) is 11.3 Å². The lowest BCUT2D eigenvalue weighted by Gasteiger charge is -2.21. The molecule has 1 saturated heterocycles. The molecule has 1 fully saturated rings. The van der Waals surface area contributed by atoms with Gasteiger partial charge in [0.2, 0.25) is 5.91 Å². The zero-order chi connectivity index (χ0) is 20.4. The summed E-state index contributed by atoms with van der Waals surface area (Å²) in [7, 11) is 1.53. The first-order valence-electron chi connectivity index (χ1n) is 9.75. The predicted molar refractivity (Wildman–Crippen MR) is 113 cm³/mol. The highest BCUT2D eigenvalue weighted by Crippen LogP contribution is 2.19. The Bertz CT molecular complexity index is 1150. The standard InChI is InChI=1S/C21H23N3O4S/c1-28-16-8-6-7-15(13-16)24-20(26)19-17(9-12-29-19)23(21(24)27)14-18(25)22-10-4-2-3-5-11-22/h6-9,12-13H,2-5,10-11,14H2,1H3. The number of nitrogens with zero attached hydrogens (tertiary/aromatic N) is 3. The van der Waals surface area contributed by atoms with Gasteiger partial charge in [-0.05, 0) is 36.4 Å². The highest BCUT2D eigenvalue weighted by Gasteiger charge is 2.21. The van der Waals surface area contributed by atoms with Gasteiger partial charge in [0.1, 0.15) is 17.0 Å². The molecule has 0 bridgehead atoms. The fourth-order valence-electron chi connectivity index (χ4n) is 3.77. The van der Waals surface area contributed by atoms with Gasteiger partial charge in [0.05, 0.1) is 18.3 Å². The largest absolute Gasteiger partial charge is 0.497 e. The molecule has 1 aromatic carbocycles. The third-order valence-corrected chi connectivity index (χ3v) is 6.21. The van der Waals surface area contributed by atoms with E-state index in [0.29, 0.717) is 21.7 Å². The first-order valence-corrected chi connectivity index (χ1v) is 10.6. The van der Waals surface area contributed by atoms with Gasteiger partial charge in [0.25, 0.3) is 5.56 Å². The van der Waals surface area contributed by atoms with E-state index in [1.807, 2.05) is 4.90 Å². The Hall–Kier alpha value is -2.87. The minimum Gasteiger partial charge on any atom is -0.497 e. The van der Waals surface area contributed by atoms with Gasteiger partial charge in [-0.25, -0.2) is 9.36 Å². The molecule has 0 saturated carbocycles. The van der Waals surface area contributed by atoms with Crippen molar-refractivity contribution in [2.75, 3.05) is 20.2 Å². The number of carbonyl (C=O) groups excluding carboxylic acids is 1. The van der Waals surface area contributed by atoms with Crippen LogP contribution in [0.1, 0.15) is 25.7 Å². The lowest BCUT2D eigenvalue weighted by molar-refractivity contribution is -0.131. The summed E-state index contributed by atoms with van der Waals surface area (Å²) in [6.07, 6.45) is 4.22. The highest BCUT2D eigenvalue weighted by molar-refractivity contribution is 7.17. The number of likely N-dealkylation sites (tertiary alicyclic amines) is 1. The number of thiophene rings is 1. The van der Waals surface area contributed by atoms with Crippen molar-refractivity contribution >= 4 is 27.5 Å². The SMILES string of the molecule is COc1cccc(-n2c(=O)c3sccc3n(CC(=O)N3CCCCCC3)c2=O)c1. The number of rotatable bonds is 4. The number of aromatic nitrogens is 2. The van der Waals surface area contributed by atoms with Crippen LogP contribution in [0.15, 0.2) is 45.3 Å². The van der Waals surface area contributed by atoms with Crippen molar-refractivity contribution in [3.8, 4) is 11.4 Å². The van der Waals surface area contributed by atoms with Gasteiger partial charge in [-0.2, -0.15) is 0 Å². The van der Waals surface area contributed by atoms with Crippen LogP contribution in [0, 0.1) is 0 Å². The van der Waals surface area contributed by atoms with E-state index in [0.717, 1.165) is 43.3 Å². The van der Waals surface area contributed by atoms with E-state index in [1.54, 1.807) is 35.7 Å². The Morgan fingerprint density at radius 3 is 2.59 bits per heavy atom. The molecule has 2 aromatic heterocycles. The molecule has 4 rings (SSSR count). The second kappa shape index (κ2) is 8.24. The molecule has 3 aromatic rings. The van der Waals surface area contributed by atoms with E-state index >= 15 is 0 Å². The van der Waals surface area contributed by atoms with Crippen LogP contribution in [0.3, 0.4) is 0 Å². The summed E-state index contributed by atoms with van der Waals surface area (Å²) in [4.78, 5) is 41.1. The van der Waals surface area contributed by atoms with E-state index in [1.165, 1.54) is 23.0 Å². The van der Waals surface area contributed by atoms with Crippen LogP contribution < -0.4 is 16.0 Å². The van der Waals surface area contributed by atoms with Gasteiger partial charge in [0, 0.05) is 19.2 Å². The molecule has 8 heteroatoms. The number of carbonyl (C=O) groups is 1. The van der Waals surface area contributed by atoms with Crippen molar-refractivity contribution in [3.05, 3.63) is 56.5 Å². The molecule has 0 unspecified atom stereocenters. The molecular formula is C21H23N3O4S. The summed E-state index contributed by atoms with van der Waals surface area (Å²) >= 11 is 1.27. The maximum absolute atomic E-state index is 13.3. The molecule has 1 amide bonds. The number of fused-ring (bicyclic) bond motifs is 1. The van der Waals surface area contributed by atoms with Crippen LogP contribution >= 0.6 is 11.3 Å². The number of benzene rings is 1. The van der Waals surface area contributed by atoms with Crippen LogP contribution in [0.4, 0.5) is 0 Å². The third kappa shape index (κ3) is 3.72. The van der Waals surface area contributed by atoms with Crippen molar-refractivity contribution in [3.63, 3.8) is 0 Å². The minimum atomic E-state index is -0.516. The monoisotopic (exact) mass is 413 g/mol. The number of hydrogen-bond donors (Lipinski definition) is 0. The van der Waals surface area contributed by atoms with E-state index in [4.69, 9.17) is 4.74 Å². The van der Waals surface area contributed by atoms with Gasteiger partial charge in [0.15, 0.2) is 0 Å². The van der Waals surface area contributed by atoms with Crippen molar-refractivity contribution in [1.29, 1.82) is 0 Å². The highest BCUT2D eigenvalue weighted by atomic mass is 32.1. The van der Waals surface area contributed by atoms with Gasteiger partial charge in [-0.1, -0.05) is 18.9 Å².